The van der Waals surface area contributed by atoms with Crippen LogP contribution in [0.5, 0.6) is 11.6 Å². The quantitative estimate of drug-likeness (QED) is 0.818. The molecule has 2 aromatic rings. The Morgan fingerprint density at radius 3 is 2.46 bits per heavy atom. The van der Waals surface area contributed by atoms with Gasteiger partial charge in [0.25, 0.3) is 5.91 Å². The molecule has 0 saturated heterocycles. The number of amides is 1. The van der Waals surface area contributed by atoms with Crippen LogP contribution < -0.4 is 14.8 Å². The van der Waals surface area contributed by atoms with Gasteiger partial charge in [0.05, 0.1) is 25.5 Å². The summed E-state index contributed by atoms with van der Waals surface area (Å²) >= 11 is 0. The number of nitrogens with one attached hydrogen (secondary N) is 1. The predicted octanol–water partition coefficient (Wildman–Crippen LogP) is 2.28. The maximum atomic E-state index is 12.2. The van der Waals surface area contributed by atoms with Crippen LogP contribution in [-0.2, 0) is 9.53 Å². The Bertz CT molecular complexity index is 715. The summed E-state index contributed by atoms with van der Waals surface area (Å²) in [6, 6.07) is 10.0. The molecule has 2 rings (SSSR count). The van der Waals surface area contributed by atoms with E-state index in [0.29, 0.717) is 17.3 Å². The van der Waals surface area contributed by atoms with Gasteiger partial charge in [-0.3, -0.25) is 4.79 Å². The summed E-state index contributed by atoms with van der Waals surface area (Å²) in [4.78, 5) is 28.1. The molecule has 0 saturated carbocycles. The first kappa shape index (κ1) is 17.3. The molecule has 1 atom stereocenters. The minimum absolute atomic E-state index is 0.229. The van der Waals surface area contributed by atoms with Gasteiger partial charge in [0.2, 0.25) is 5.88 Å². The van der Waals surface area contributed by atoms with E-state index in [-0.39, 0.29) is 5.56 Å². The van der Waals surface area contributed by atoms with Crippen LogP contribution in [0.3, 0.4) is 0 Å². The average molecular weight is 330 g/mol. The maximum Gasteiger partial charge on any atom is 0.340 e. The second-order valence-electron chi connectivity index (χ2n) is 4.83. The van der Waals surface area contributed by atoms with E-state index < -0.39 is 18.0 Å². The van der Waals surface area contributed by atoms with Gasteiger partial charge in [-0.05, 0) is 25.1 Å². The van der Waals surface area contributed by atoms with Gasteiger partial charge in [-0.25, -0.2) is 9.78 Å². The molecule has 0 fully saturated rings. The summed E-state index contributed by atoms with van der Waals surface area (Å²) in [5.74, 6) is -0.209. The third kappa shape index (κ3) is 4.22. The molecule has 0 aliphatic carbocycles. The van der Waals surface area contributed by atoms with Crippen LogP contribution >= 0.6 is 0 Å². The number of ether oxygens (including phenoxy) is 3. The second kappa shape index (κ2) is 7.96. The molecule has 24 heavy (non-hydrogen) atoms. The van der Waals surface area contributed by atoms with Crippen LogP contribution in [0.2, 0.25) is 0 Å². The number of methoxy groups -OCH3 is 2. The van der Waals surface area contributed by atoms with Crippen LogP contribution in [0.4, 0.5) is 5.69 Å². The number of carbonyl (C=O) groups excluding carboxylic acids is 2. The molecule has 7 heteroatoms. The van der Waals surface area contributed by atoms with Crippen molar-refractivity contribution in [2.75, 3.05) is 19.5 Å². The first-order valence-corrected chi connectivity index (χ1v) is 7.20. The number of carbonyl (C=O) groups is 2. The summed E-state index contributed by atoms with van der Waals surface area (Å²) in [7, 11) is 2.98. The van der Waals surface area contributed by atoms with Crippen molar-refractivity contribution in [3.63, 3.8) is 0 Å². The number of benzene rings is 1. The molecule has 1 amide bonds. The first-order chi connectivity index (χ1) is 11.5. The lowest BCUT2D eigenvalue weighted by atomic mass is 10.2. The smallest absolute Gasteiger partial charge is 0.340 e. The Hall–Kier alpha value is -3.09. The number of hydrogen-bond acceptors (Lipinski definition) is 6. The fourth-order valence-corrected chi connectivity index (χ4v) is 1.89. The van der Waals surface area contributed by atoms with Gasteiger partial charge < -0.3 is 19.5 Å². The van der Waals surface area contributed by atoms with Crippen molar-refractivity contribution in [1.82, 2.24) is 4.98 Å². The number of esters is 1. The van der Waals surface area contributed by atoms with E-state index in [9.17, 15) is 9.59 Å². The molecule has 7 nitrogen and oxygen atoms in total. The van der Waals surface area contributed by atoms with Crippen molar-refractivity contribution in [3.05, 3.63) is 48.2 Å². The van der Waals surface area contributed by atoms with Crippen molar-refractivity contribution >= 4 is 17.6 Å². The molecule has 0 unspecified atom stereocenters. The lowest BCUT2D eigenvalue weighted by Crippen LogP contribution is -2.30. The van der Waals surface area contributed by atoms with Gasteiger partial charge in [-0.15, -0.1) is 0 Å². The zero-order valence-electron chi connectivity index (χ0n) is 13.6. The van der Waals surface area contributed by atoms with E-state index in [1.807, 2.05) is 0 Å². The van der Waals surface area contributed by atoms with Gasteiger partial charge in [-0.1, -0.05) is 12.1 Å². The highest BCUT2D eigenvalue weighted by molar-refractivity contribution is 5.98. The van der Waals surface area contributed by atoms with Crippen LogP contribution in [0, 0.1) is 0 Å². The standard InChI is InChI=1S/C17H18N2O5/c1-11(16(20)19-13-6-4-5-7-14(13)22-2)24-17(21)12-8-9-15(23-3)18-10-12/h4-11H,1-3H3,(H,19,20)/t11-/m0/s1. The highest BCUT2D eigenvalue weighted by Crippen LogP contribution is 2.23. The number of hydrogen-bond donors (Lipinski definition) is 1. The van der Waals surface area contributed by atoms with Crippen molar-refractivity contribution in [2.24, 2.45) is 0 Å². The number of pyridine rings is 1. The monoisotopic (exact) mass is 330 g/mol. The van der Waals surface area contributed by atoms with Crippen LogP contribution in [0.25, 0.3) is 0 Å². The zero-order chi connectivity index (χ0) is 17.5. The van der Waals surface area contributed by atoms with Gasteiger partial charge >= 0.3 is 5.97 Å². The normalized spacial score (nSPS) is 11.3. The molecular formula is C17H18N2O5. The summed E-state index contributed by atoms with van der Waals surface area (Å²) in [6.45, 7) is 1.49. The van der Waals surface area contributed by atoms with E-state index in [4.69, 9.17) is 14.2 Å². The maximum absolute atomic E-state index is 12.2. The Kier molecular flexibility index (Phi) is 5.73. The summed E-state index contributed by atoms with van der Waals surface area (Å²) in [5.41, 5.74) is 0.728. The number of anilines is 1. The molecule has 126 valence electrons. The molecule has 1 N–H and O–H groups in total. The van der Waals surface area contributed by atoms with Gasteiger partial charge in [0, 0.05) is 12.3 Å². The second-order valence-corrected chi connectivity index (χ2v) is 4.83. The fourth-order valence-electron chi connectivity index (χ4n) is 1.89. The van der Waals surface area contributed by atoms with Gasteiger partial charge in [-0.2, -0.15) is 0 Å². The molecule has 0 aliphatic heterocycles. The summed E-state index contributed by atoms with van der Waals surface area (Å²) in [6.07, 6.45) is 0.343. The zero-order valence-corrected chi connectivity index (χ0v) is 13.6. The third-order valence-electron chi connectivity index (χ3n) is 3.20. The molecule has 0 radical (unpaired) electrons. The Labute approximate surface area is 139 Å². The number of nitrogens with zero attached hydrogens (tertiary/aromatic N) is 1. The van der Waals surface area contributed by atoms with E-state index in [2.05, 4.69) is 10.3 Å². The molecule has 0 bridgehead atoms. The van der Waals surface area contributed by atoms with Gasteiger partial charge in [0.15, 0.2) is 6.10 Å². The molecule has 1 aromatic carbocycles. The SMILES string of the molecule is COc1ccc(C(=O)O[C@@H](C)C(=O)Nc2ccccc2OC)cn1. The van der Waals surface area contributed by atoms with Gasteiger partial charge in [0.1, 0.15) is 5.75 Å². The predicted molar refractivity (Wildman–Crippen MR) is 87.3 cm³/mol. The third-order valence-corrected chi connectivity index (χ3v) is 3.20. The van der Waals surface area contributed by atoms with Crippen molar-refractivity contribution in [3.8, 4) is 11.6 Å². The van der Waals surface area contributed by atoms with E-state index >= 15 is 0 Å². The average Bonchev–Trinajstić information content (AvgIpc) is 2.62. The van der Waals surface area contributed by atoms with Crippen molar-refractivity contribution in [1.29, 1.82) is 0 Å². The Balaban J connectivity index is 1.98. The minimum atomic E-state index is -0.982. The molecular weight excluding hydrogens is 312 g/mol. The fraction of sp³-hybridized carbons (Fsp3) is 0.235. The summed E-state index contributed by atoms with van der Waals surface area (Å²) in [5, 5.41) is 2.66. The van der Waals surface area contributed by atoms with Crippen LogP contribution in [-0.4, -0.2) is 37.2 Å². The van der Waals surface area contributed by atoms with E-state index in [1.165, 1.54) is 39.5 Å². The molecule has 1 heterocycles. The number of rotatable bonds is 6. The molecule has 0 aliphatic rings. The number of para-hydroxylation sites is 2. The summed E-state index contributed by atoms with van der Waals surface area (Å²) < 4.78 is 15.2. The largest absolute Gasteiger partial charge is 0.495 e. The first-order valence-electron chi connectivity index (χ1n) is 7.20. The Morgan fingerprint density at radius 1 is 1.08 bits per heavy atom. The van der Waals surface area contributed by atoms with Crippen LogP contribution in [0.1, 0.15) is 17.3 Å². The topological polar surface area (TPSA) is 86.8 Å². The van der Waals surface area contributed by atoms with Crippen molar-refractivity contribution < 1.29 is 23.8 Å². The van der Waals surface area contributed by atoms with E-state index in [0.717, 1.165) is 0 Å². The molecule has 1 aromatic heterocycles. The Morgan fingerprint density at radius 2 is 1.83 bits per heavy atom. The van der Waals surface area contributed by atoms with E-state index in [1.54, 1.807) is 24.3 Å². The minimum Gasteiger partial charge on any atom is -0.495 e. The highest BCUT2D eigenvalue weighted by Gasteiger charge is 2.20. The van der Waals surface area contributed by atoms with Crippen LogP contribution in [0.15, 0.2) is 42.6 Å². The van der Waals surface area contributed by atoms with Crippen molar-refractivity contribution in [2.45, 2.75) is 13.0 Å². The highest BCUT2D eigenvalue weighted by atomic mass is 16.5. The lowest BCUT2D eigenvalue weighted by Gasteiger charge is -2.15. The lowest BCUT2D eigenvalue weighted by molar-refractivity contribution is -0.123. The molecule has 0 spiro atoms. The number of aromatic nitrogens is 1.